The molecule has 3 nitrogen and oxygen atoms in total. The third kappa shape index (κ3) is 2.17. The van der Waals surface area contributed by atoms with Crippen molar-refractivity contribution in [2.45, 2.75) is 18.7 Å². The Hall–Kier alpha value is -1.42. The fourth-order valence-corrected chi connectivity index (χ4v) is 3.04. The lowest BCUT2D eigenvalue weighted by Crippen LogP contribution is -2.32. The van der Waals surface area contributed by atoms with Crippen molar-refractivity contribution in [3.8, 4) is 0 Å². The predicted octanol–water partition coefficient (Wildman–Crippen LogP) is 2.51. The average molecular weight is 248 g/mol. The molecule has 1 heterocycles. The molecule has 1 N–H and O–H groups in total. The van der Waals surface area contributed by atoms with Gasteiger partial charge in [-0.3, -0.25) is 4.79 Å². The van der Waals surface area contributed by atoms with E-state index in [1.54, 1.807) is 11.9 Å². The molecule has 1 aliphatic rings. The summed E-state index contributed by atoms with van der Waals surface area (Å²) in [4.78, 5) is 13.2. The van der Waals surface area contributed by atoms with Gasteiger partial charge in [-0.1, -0.05) is 18.2 Å². The summed E-state index contributed by atoms with van der Waals surface area (Å²) in [6.45, 7) is 4.58. The maximum atomic E-state index is 12.0. The molecule has 0 spiro atoms. The molecule has 1 aromatic carbocycles. The van der Waals surface area contributed by atoms with E-state index in [0.717, 1.165) is 16.8 Å². The standard InChI is InChI=1S/C13H16N2OS/c1-4-14-13(16)12-9(2)10-7-5-6-8-11(10)17-15(12)3/h5-8H,4H2,1-3H3,(H,14,16). The summed E-state index contributed by atoms with van der Waals surface area (Å²) in [5.41, 5.74) is 2.93. The van der Waals surface area contributed by atoms with Gasteiger partial charge in [0.2, 0.25) is 0 Å². The van der Waals surface area contributed by atoms with Gasteiger partial charge in [-0.15, -0.1) is 0 Å². The van der Waals surface area contributed by atoms with E-state index in [1.807, 2.05) is 37.3 Å². The number of benzene rings is 1. The largest absolute Gasteiger partial charge is 0.351 e. The van der Waals surface area contributed by atoms with Crippen LogP contribution < -0.4 is 5.32 Å². The van der Waals surface area contributed by atoms with E-state index in [-0.39, 0.29) is 5.91 Å². The van der Waals surface area contributed by atoms with Crippen LogP contribution in [0.2, 0.25) is 0 Å². The molecule has 1 aliphatic heterocycles. The van der Waals surface area contributed by atoms with Gasteiger partial charge in [0.05, 0.1) is 0 Å². The van der Waals surface area contributed by atoms with Crippen LogP contribution in [0, 0.1) is 0 Å². The number of amides is 1. The van der Waals surface area contributed by atoms with Gasteiger partial charge in [0.1, 0.15) is 5.70 Å². The Morgan fingerprint density at radius 3 is 2.82 bits per heavy atom. The maximum absolute atomic E-state index is 12.0. The number of hydrogen-bond acceptors (Lipinski definition) is 3. The molecule has 0 saturated heterocycles. The third-order valence-electron chi connectivity index (χ3n) is 2.75. The van der Waals surface area contributed by atoms with E-state index in [2.05, 4.69) is 17.4 Å². The quantitative estimate of drug-likeness (QED) is 0.816. The Morgan fingerprint density at radius 2 is 2.12 bits per heavy atom. The van der Waals surface area contributed by atoms with Gasteiger partial charge in [0, 0.05) is 18.5 Å². The number of carbonyl (C=O) groups excluding carboxylic acids is 1. The van der Waals surface area contributed by atoms with Gasteiger partial charge in [-0.05, 0) is 43.0 Å². The van der Waals surface area contributed by atoms with Crippen LogP contribution in [0.1, 0.15) is 19.4 Å². The van der Waals surface area contributed by atoms with Crippen LogP contribution in [0.15, 0.2) is 34.9 Å². The number of nitrogens with zero attached hydrogens (tertiary/aromatic N) is 1. The van der Waals surface area contributed by atoms with Gasteiger partial charge in [-0.25, -0.2) is 0 Å². The minimum atomic E-state index is -0.00509. The fourth-order valence-electron chi connectivity index (χ4n) is 1.97. The normalized spacial score (nSPS) is 14.6. The highest BCUT2D eigenvalue weighted by atomic mass is 32.2. The summed E-state index contributed by atoms with van der Waals surface area (Å²) in [5.74, 6) is -0.00509. The van der Waals surface area contributed by atoms with Gasteiger partial charge < -0.3 is 9.62 Å². The number of carbonyl (C=O) groups is 1. The topological polar surface area (TPSA) is 32.3 Å². The van der Waals surface area contributed by atoms with Crippen molar-refractivity contribution in [1.82, 2.24) is 9.62 Å². The minimum absolute atomic E-state index is 0.00509. The van der Waals surface area contributed by atoms with E-state index in [9.17, 15) is 4.79 Å². The van der Waals surface area contributed by atoms with Crippen molar-refractivity contribution in [2.75, 3.05) is 13.6 Å². The molecular weight excluding hydrogens is 232 g/mol. The number of allylic oxidation sites excluding steroid dienone is 1. The number of fused-ring (bicyclic) bond motifs is 1. The Bertz CT molecular complexity index is 482. The van der Waals surface area contributed by atoms with Crippen molar-refractivity contribution in [1.29, 1.82) is 0 Å². The van der Waals surface area contributed by atoms with E-state index in [1.165, 1.54) is 4.90 Å². The number of nitrogens with one attached hydrogen (secondary N) is 1. The van der Waals surface area contributed by atoms with Crippen LogP contribution in [0.3, 0.4) is 0 Å². The van der Waals surface area contributed by atoms with Crippen LogP contribution >= 0.6 is 11.9 Å². The first kappa shape index (κ1) is 12.0. The third-order valence-corrected chi connectivity index (χ3v) is 3.76. The molecule has 0 fully saturated rings. The molecule has 0 unspecified atom stereocenters. The molecule has 0 bridgehead atoms. The van der Waals surface area contributed by atoms with Gasteiger partial charge in [0.25, 0.3) is 5.91 Å². The Balaban J connectivity index is 2.47. The SMILES string of the molecule is CCNC(=O)C1=C(C)c2ccccc2SN1C. The molecule has 90 valence electrons. The summed E-state index contributed by atoms with van der Waals surface area (Å²) in [7, 11) is 1.93. The second-order valence-electron chi connectivity index (χ2n) is 3.92. The van der Waals surface area contributed by atoms with Crippen LogP contribution in [0.5, 0.6) is 0 Å². The second kappa shape index (κ2) is 4.84. The van der Waals surface area contributed by atoms with Gasteiger partial charge in [0.15, 0.2) is 0 Å². The molecule has 1 amide bonds. The molecule has 17 heavy (non-hydrogen) atoms. The van der Waals surface area contributed by atoms with E-state index >= 15 is 0 Å². The number of hydrogen-bond donors (Lipinski definition) is 1. The Labute approximate surface area is 106 Å². The zero-order valence-electron chi connectivity index (χ0n) is 10.3. The minimum Gasteiger partial charge on any atom is -0.351 e. The van der Waals surface area contributed by atoms with E-state index in [0.29, 0.717) is 6.54 Å². The van der Waals surface area contributed by atoms with Crippen molar-refractivity contribution in [3.05, 3.63) is 35.5 Å². The zero-order chi connectivity index (χ0) is 12.4. The van der Waals surface area contributed by atoms with Gasteiger partial charge in [-0.2, -0.15) is 0 Å². The molecular formula is C13H16N2OS. The first-order chi connectivity index (χ1) is 8.15. The van der Waals surface area contributed by atoms with Crippen LogP contribution in [-0.2, 0) is 4.79 Å². The van der Waals surface area contributed by atoms with E-state index < -0.39 is 0 Å². The predicted molar refractivity (Wildman–Crippen MR) is 71.3 cm³/mol. The van der Waals surface area contributed by atoms with Crippen molar-refractivity contribution >= 4 is 23.4 Å². The highest BCUT2D eigenvalue weighted by molar-refractivity contribution is 7.97. The average Bonchev–Trinajstić information content (AvgIpc) is 2.29. The van der Waals surface area contributed by atoms with Crippen molar-refractivity contribution in [2.24, 2.45) is 0 Å². The Kier molecular flexibility index (Phi) is 3.43. The zero-order valence-corrected chi connectivity index (χ0v) is 11.1. The molecule has 2 rings (SSSR count). The summed E-state index contributed by atoms with van der Waals surface area (Å²) in [6.07, 6.45) is 0. The number of rotatable bonds is 2. The molecule has 0 saturated carbocycles. The molecule has 0 aromatic heterocycles. The molecule has 0 aliphatic carbocycles. The first-order valence-electron chi connectivity index (χ1n) is 5.65. The highest BCUT2D eigenvalue weighted by Gasteiger charge is 2.25. The van der Waals surface area contributed by atoms with Crippen LogP contribution in [-0.4, -0.2) is 23.8 Å². The van der Waals surface area contributed by atoms with Crippen LogP contribution in [0.25, 0.3) is 5.57 Å². The van der Waals surface area contributed by atoms with Crippen LogP contribution in [0.4, 0.5) is 0 Å². The lowest BCUT2D eigenvalue weighted by atomic mass is 10.0. The smallest absolute Gasteiger partial charge is 0.268 e. The van der Waals surface area contributed by atoms with Crippen molar-refractivity contribution in [3.63, 3.8) is 0 Å². The lowest BCUT2D eigenvalue weighted by Gasteiger charge is -2.28. The molecule has 4 heteroatoms. The Morgan fingerprint density at radius 1 is 1.41 bits per heavy atom. The maximum Gasteiger partial charge on any atom is 0.268 e. The van der Waals surface area contributed by atoms with E-state index in [4.69, 9.17) is 0 Å². The molecule has 0 atom stereocenters. The molecule has 1 aromatic rings. The summed E-state index contributed by atoms with van der Waals surface area (Å²) >= 11 is 1.59. The van der Waals surface area contributed by atoms with Gasteiger partial charge >= 0.3 is 0 Å². The van der Waals surface area contributed by atoms with Crippen molar-refractivity contribution < 1.29 is 4.79 Å². The fraction of sp³-hybridized carbons (Fsp3) is 0.308. The number of likely N-dealkylation sites (N-methyl/N-ethyl adjacent to an activating group) is 2. The first-order valence-corrected chi connectivity index (χ1v) is 6.42. The monoisotopic (exact) mass is 248 g/mol. The summed E-state index contributed by atoms with van der Waals surface area (Å²) in [5, 5.41) is 2.86. The molecule has 0 radical (unpaired) electrons. The lowest BCUT2D eigenvalue weighted by molar-refractivity contribution is -0.118. The highest BCUT2D eigenvalue weighted by Crippen LogP contribution is 2.39. The summed E-state index contributed by atoms with van der Waals surface area (Å²) in [6, 6.07) is 8.16. The second-order valence-corrected chi connectivity index (χ2v) is 5.09. The summed E-state index contributed by atoms with van der Waals surface area (Å²) < 4.78 is 1.93.